The Morgan fingerprint density at radius 3 is 2.76 bits per heavy atom. The molecule has 0 fully saturated rings. The summed E-state index contributed by atoms with van der Waals surface area (Å²) in [4.78, 5) is 11.0. The number of hydrogen-bond acceptors (Lipinski definition) is 4. The number of carbonyl (C=O) groups is 1. The first-order valence-corrected chi connectivity index (χ1v) is 8.35. The van der Waals surface area contributed by atoms with Crippen molar-refractivity contribution in [3.8, 4) is 0 Å². The Bertz CT molecular complexity index is 707. The van der Waals surface area contributed by atoms with Crippen molar-refractivity contribution in [2.75, 3.05) is 18.8 Å². The molecule has 1 aromatic rings. The molecule has 0 saturated heterocycles. The molecule has 1 heterocycles. The van der Waals surface area contributed by atoms with Crippen LogP contribution in [-0.2, 0) is 10.0 Å². The number of nitrogens with two attached hydrogens (primary N) is 1. The molecule has 0 spiro atoms. The van der Waals surface area contributed by atoms with Gasteiger partial charge in [0.25, 0.3) is 0 Å². The summed E-state index contributed by atoms with van der Waals surface area (Å²) in [6, 6.07) is 6.69. The van der Waals surface area contributed by atoms with Crippen molar-refractivity contribution in [1.29, 1.82) is 0 Å². The van der Waals surface area contributed by atoms with Crippen molar-refractivity contribution < 1.29 is 13.2 Å². The highest BCUT2D eigenvalue weighted by atomic mass is 32.2. The normalized spacial score (nSPS) is 21.9. The quantitative estimate of drug-likeness (QED) is 0.661. The number of hydrogen-bond donors (Lipinski definition) is 1. The van der Waals surface area contributed by atoms with Crippen LogP contribution in [0.4, 0.5) is 5.69 Å². The van der Waals surface area contributed by atoms with Gasteiger partial charge in [0.2, 0.25) is 0 Å². The van der Waals surface area contributed by atoms with Gasteiger partial charge in [0.15, 0.2) is 5.69 Å². The second-order valence-corrected chi connectivity index (χ2v) is 7.26. The molecule has 0 bridgehead atoms. The molecular formula is C15H19N2O3S+. The average Bonchev–Trinajstić information content (AvgIpc) is 2.54. The Kier molecular flexibility index (Phi) is 4.41. The van der Waals surface area contributed by atoms with E-state index in [0.29, 0.717) is 24.1 Å². The lowest BCUT2D eigenvalue weighted by Gasteiger charge is -2.34. The van der Waals surface area contributed by atoms with Gasteiger partial charge in [0.05, 0.1) is 5.75 Å². The third-order valence-corrected chi connectivity index (χ3v) is 5.81. The second-order valence-electron chi connectivity index (χ2n) is 4.87. The first kappa shape index (κ1) is 15.6. The zero-order valence-corrected chi connectivity index (χ0v) is 12.7. The van der Waals surface area contributed by atoms with E-state index in [1.165, 1.54) is 0 Å². The van der Waals surface area contributed by atoms with E-state index in [2.05, 4.69) is 0 Å². The number of quaternary nitrogens is 1. The first-order chi connectivity index (χ1) is 9.99. The molecule has 2 rings (SSSR count). The van der Waals surface area contributed by atoms with Gasteiger partial charge in [0.1, 0.15) is 19.0 Å². The first-order valence-electron chi connectivity index (χ1n) is 6.74. The Labute approximate surface area is 125 Å². The van der Waals surface area contributed by atoms with Crippen LogP contribution in [0.25, 0.3) is 0 Å². The SMILES string of the molecule is CCS(=O)(=O)[N+]1(c2cccc(C=O)c2)C=C(CN)C=CC1. The van der Waals surface area contributed by atoms with E-state index in [0.717, 1.165) is 5.57 Å². The van der Waals surface area contributed by atoms with Gasteiger partial charge in [-0.1, -0.05) is 18.2 Å². The van der Waals surface area contributed by atoms with Crippen LogP contribution in [0, 0.1) is 0 Å². The van der Waals surface area contributed by atoms with Crippen molar-refractivity contribution in [2.45, 2.75) is 6.92 Å². The second kappa shape index (κ2) is 5.93. The van der Waals surface area contributed by atoms with Gasteiger partial charge >= 0.3 is 10.0 Å². The number of benzene rings is 1. The molecule has 0 aliphatic carbocycles. The van der Waals surface area contributed by atoms with Crippen molar-refractivity contribution in [2.24, 2.45) is 5.73 Å². The van der Waals surface area contributed by atoms with E-state index < -0.39 is 10.0 Å². The molecular weight excluding hydrogens is 288 g/mol. The third-order valence-electron chi connectivity index (χ3n) is 3.62. The molecule has 112 valence electrons. The predicted octanol–water partition coefficient (Wildman–Crippen LogP) is 1.57. The lowest BCUT2D eigenvalue weighted by Crippen LogP contribution is -2.51. The minimum atomic E-state index is -3.47. The predicted molar refractivity (Wildman–Crippen MR) is 84.2 cm³/mol. The molecule has 1 atom stereocenters. The summed E-state index contributed by atoms with van der Waals surface area (Å²) in [5.74, 6) is 0.000504. The summed E-state index contributed by atoms with van der Waals surface area (Å²) < 4.78 is 25.1. The highest BCUT2D eigenvalue weighted by molar-refractivity contribution is 7.91. The zero-order chi connectivity index (χ0) is 15.5. The number of sulfonamides is 1. The van der Waals surface area contributed by atoms with Crippen LogP contribution in [0.1, 0.15) is 17.3 Å². The van der Waals surface area contributed by atoms with Crippen molar-refractivity contribution in [3.05, 3.63) is 53.8 Å². The molecule has 5 nitrogen and oxygen atoms in total. The Morgan fingerprint density at radius 1 is 1.38 bits per heavy atom. The minimum absolute atomic E-state index is 0.000504. The monoisotopic (exact) mass is 307 g/mol. The molecule has 0 amide bonds. The van der Waals surface area contributed by atoms with Crippen LogP contribution in [0.3, 0.4) is 0 Å². The maximum Gasteiger partial charge on any atom is 0.306 e. The van der Waals surface area contributed by atoms with Gasteiger partial charge in [-0.2, -0.15) is 12.3 Å². The molecule has 1 aliphatic rings. The standard InChI is InChI=1S/C15H19N2O3S/c1-2-21(19,20)17(8-4-6-14(10-16)11-17)15-7-3-5-13(9-15)12-18/h3-7,9,11-12H,2,8,10,16H2,1H3/q+1. The van der Waals surface area contributed by atoms with Gasteiger partial charge in [-0.3, -0.25) is 4.79 Å². The fraction of sp³-hybridized carbons (Fsp3) is 0.267. The molecule has 0 saturated carbocycles. The van der Waals surface area contributed by atoms with Gasteiger partial charge in [-0.05, 0) is 13.0 Å². The summed E-state index contributed by atoms with van der Waals surface area (Å²) in [6.45, 7) is 2.18. The summed E-state index contributed by atoms with van der Waals surface area (Å²) in [5.41, 5.74) is 7.43. The highest BCUT2D eigenvalue weighted by Crippen LogP contribution is 2.32. The average molecular weight is 307 g/mol. The Morgan fingerprint density at radius 2 is 2.14 bits per heavy atom. The topological polar surface area (TPSA) is 77.2 Å². The summed E-state index contributed by atoms with van der Waals surface area (Å²) in [5, 5.41) is 0. The molecule has 2 N–H and O–H groups in total. The molecule has 6 heteroatoms. The highest BCUT2D eigenvalue weighted by Gasteiger charge is 2.42. The Balaban J connectivity index is 2.71. The third kappa shape index (κ3) is 2.70. The van der Waals surface area contributed by atoms with Crippen LogP contribution < -0.4 is 9.62 Å². The van der Waals surface area contributed by atoms with E-state index in [-0.39, 0.29) is 16.2 Å². The van der Waals surface area contributed by atoms with Crippen LogP contribution in [0.2, 0.25) is 0 Å². The summed E-state index contributed by atoms with van der Waals surface area (Å²) >= 11 is 0. The van der Waals surface area contributed by atoms with E-state index in [4.69, 9.17) is 5.73 Å². The summed E-state index contributed by atoms with van der Waals surface area (Å²) in [6.07, 6.45) is 6.03. The largest absolute Gasteiger partial charge is 0.326 e. The van der Waals surface area contributed by atoms with Crippen LogP contribution >= 0.6 is 0 Å². The Hall–Kier alpha value is -1.76. The van der Waals surface area contributed by atoms with Crippen molar-refractivity contribution in [1.82, 2.24) is 3.89 Å². The van der Waals surface area contributed by atoms with Gasteiger partial charge in [-0.15, -0.1) is 0 Å². The number of rotatable bonds is 5. The van der Waals surface area contributed by atoms with E-state index >= 15 is 0 Å². The van der Waals surface area contributed by atoms with E-state index in [1.54, 1.807) is 37.4 Å². The van der Waals surface area contributed by atoms with Gasteiger partial charge in [0, 0.05) is 29.8 Å². The number of aldehydes is 1. The maximum absolute atomic E-state index is 12.7. The van der Waals surface area contributed by atoms with Gasteiger partial charge < -0.3 is 5.73 Å². The van der Waals surface area contributed by atoms with Gasteiger partial charge in [-0.25, -0.2) is 0 Å². The van der Waals surface area contributed by atoms with E-state index in [9.17, 15) is 13.2 Å². The molecule has 0 radical (unpaired) electrons. The molecule has 21 heavy (non-hydrogen) atoms. The summed E-state index contributed by atoms with van der Waals surface area (Å²) in [7, 11) is -3.47. The van der Waals surface area contributed by atoms with Crippen LogP contribution in [-0.4, -0.2) is 33.5 Å². The number of nitrogens with zero attached hydrogens (tertiary/aromatic N) is 1. The molecule has 1 aliphatic heterocycles. The molecule has 1 aromatic carbocycles. The van der Waals surface area contributed by atoms with Crippen LogP contribution in [0.15, 0.2) is 48.2 Å². The lowest BCUT2D eigenvalue weighted by molar-refractivity contribution is 0.112. The minimum Gasteiger partial charge on any atom is -0.326 e. The van der Waals surface area contributed by atoms with Crippen molar-refractivity contribution in [3.63, 3.8) is 0 Å². The maximum atomic E-state index is 12.7. The van der Waals surface area contributed by atoms with E-state index in [1.807, 2.05) is 12.2 Å². The smallest absolute Gasteiger partial charge is 0.306 e. The fourth-order valence-electron chi connectivity index (χ4n) is 2.44. The van der Waals surface area contributed by atoms with Crippen LogP contribution in [0.5, 0.6) is 0 Å². The molecule has 1 unspecified atom stereocenters. The zero-order valence-electron chi connectivity index (χ0n) is 11.9. The van der Waals surface area contributed by atoms with Crippen molar-refractivity contribution >= 4 is 22.0 Å². The molecule has 0 aromatic heterocycles. The fourth-order valence-corrected chi connectivity index (χ4v) is 3.95. The number of carbonyl (C=O) groups excluding carboxylic acids is 1. The lowest BCUT2D eigenvalue weighted by atomic mass is 10.1.